The Morgan fingerprint density at radius 2 is 1.65 bits per heavy atom. The zero-order valence-corrected chi connectivity index (χ0v) is 12.2. The predicted molar refractivity (Wildman–Crippen MR) is 68.7 cm³/mol. The lowest BCUT2D eigenvalue weighted by atomic mass is 10.1. The largest absolute Gasteiger partial charge is 0.481 e. The summed E-state index contributed by atoms with van der Waals surface area (Å²) in [5.74, 6) is -1.67. The lowest BCUT2D eigenvalue weighted by molar-refractivity contribution is -0.136. The van der Waals surface area contributed by atoms with Gasteiger partial charge in [-0.3, -0.25) is 4.79 Å². The molecular formula is C10H12O8S2. The van der Waals surface area contributed by atoms with E-state index in [9.17, 15) is 21.6 Å². The first-order valence-electron chi connectivity index (χ1n) is 5.10. The maximum absolute atomic E-state index is 11.1. The summed E-state index contributed by atoms with van der Waals surface area (Å²) >= 11 is 0. The second kappa shape index (κ2) is 5.67. The van der Waals surface area contributed by atoms with E-state index in [4.69, 9.17) is 5.11 Å². The van der Waals surface area contributed by atoms with Gasteiger partial charge in [0.2, 0.25) is 0 Å². The van der Waals surface area contributed by atoms with Crippen molar-refractivity contribution in [1.82, 2.24) is 0 Å². The molecule has 0 unspecified atom stereocenters. The van der Waals surface area contributed by atoms with Crippen molar-refractivity contribution in [3.8, 4) is 11.5 Å². The average Bonchev–Trinajstić information content (AvgIpc) is 2.16. The molecule has 0 amide bonds. The molecule has 0 atom stereocenters. The van der Waals surface area contributed by atoms with Crippen molar-refractivity contribution < 1.29 is 35.1 Å². The van der Waals surface area contributed by atoms with Gasteiger partial charge in [0, 0.05) is 11.6 Å². The molecule has 0 aromatic heterocycles. The average molecular weight is 324 g/mol. The van der Waals surface area contributed by atoms with Gasteiger partial charge in [0.25, 0.3) is 0 Å². The molecular weight excluding hydrogens is 312 g/mol. The molecule has 0 radical (unpaired) electrons. The molecule has 8 nitrogen and oxygen atoms in total. The van der Waals surface area contributed by atoms with Crippen molar-refractivity contribution in [3.63, 3.8) is 0 Å². The van der Waals surface area contributed by atoms with Crippen LogP contribution in [0.3, 0.4) is 0 Å². The van der Waals surface area contributed by atoms with Gasteiger partial charge < -0.3 is 13.5 Å². The smallest absolute Gasteiger partial charge is 0.307 e. The van der Waals surface area contributed by atoms with Gasteiger partial charge in [-0.2, -0.15) is 16.8 Å². The van der Waals surface area contributed by atoms with E-state index in [0.717, 1.165) is 18.6 Å². The Balaban J connectivity index is 3.24. The highest BCUT2D eigenvalue weighted by atomic mass is 32.2. The maximum Gasteiger partial charge on any atom is 0.307 e. The molecule has 0 aliphatic heterocycles. The summed E-state index contributed by atoms with van der Waals surface area (Å²) in [4.78, 5) is 10.7. The third-order valence-corrected chi connectivity index (χ3v) is 2.85. The first-order valence-corrected chi connectivity index (χ1v) is 8.73. The molecule has 0 bridgehead atoms. The molecule has 0 fully saturated rings. The summed E-state index contributed by atoms with van der Waals surface area (Å²) < 4.78 is 53.4. The topological polar surface area (TPSA) is 124 Å². The molecule has 1 N–H and O–H groups in total. The summed E-state index contributed by atoms with van der Waals surface area (Å²) in [7, 11) is -7.69. The maximum atomic E-state index is 11.1. The minimum atomic E-state index is -3.89. The van der Waals surface area contributed by atoms with Crippen LogP contribution in [-0.4, -0.2) is 40.4 Å². The van der Waals surface area contributed by atoms with E-state index in [-0.39, 0.29) is 17.1 Å². The van der Waals surface area contributed by atoms with Crippen LogP contribution in [0.1, 0.15) is 5.56 Å². The zero-order chi connectivity index (χ0) is 15.6. The predicted octanol–water partition coefficient (Wildman–Crippen LogP) is -0.00950. The van der Waals surface area contributed by atoms with Gasteiger partial charge in [-0.15, -0.1) is 0 Å². The van der Waals surface area contributed by atoms with E-state index in [1.807, 2.05) is 0 Å². The minimum absolute atomic E-state index is 0.0729. The van der Waals surface area contributed by atoms with Gasteiger partial charge in [-0.1, -0.05) is 6.07 Å². The van der Waals surface area contributed by atoms with E-state index in [0.29, 0.717) is 0 Å². The van der Waals surface area contributed by atoms with Crippen LogP contribution in [-0.2, 0) is 31.5 Å². The first kappa shape index (κ1) is 16.2. The second-order valence-electron chi connectivity index (χ2n) is 3.91. The summed E-state index contributed by atoms with van der Waals surface area (Å²) in [6, 6.07) is 3.42. The van der Waals surface area contributed by atoms with Crippen LogP contribution in [0.4, 0.5) is 0 Å². The SMILES string of the molecule is CS(=O)(=O)Oc1ccc(CC(=O)O)c(OS(C)(=O)=O)c1. The molecule has 0 aliphatic carbocycles. The molecule has 1 rings (SSSR count). The highest BCUT2D eigenvalue weighted by Crippen LogP contribution is 2.27. The minimum Gasteiger partial charge on any atom is -0.481 e. The highest BCUT2D eigenvalue weighted by molar-refractivity contribution is 7.86. The summed E-state index contributed by atoms with van der Waals surface area (Å²) in [6.07, 6.45) is 1.11. The van der Waals surface area contributed by atoms with E-state index < -0.39 is 32.6 Å². The van der Waals surface area contributed by atoms with Gasteiger partial charge in [-0.05, 0) is 6.07 Å². The van der Waals surface area contributed by atoms with E-state index in [2.05, 4.69) is 8.37 Å². The van der Waals surface area contributed by atoms with Crippen LogP contribution in [0.2, 0.25) is 0 Å². The molecule has 0 aliphatic rings. The van der Waals surface area contributed by atoms with E-state index >= 15 is 0 Å². The number of aliphatic carboxylic acids is 1. The fourth-order valence-corrected chi connectivity index (χ4v) is 2.25. The monoisotopic (exact) mass is 324 g/mol. The Kier molecular flexibility index (Phi) is 4.61. The van der Waals surface area contributed by atoms with Crippen LogP contribution < -0.4 is 8.37 Å². The third-order valence-electron chi connectivity index (χ3n) is 1.87. The standard InChI is InChI=1S/C10H12O8S2/c1-19(13,14)17-8-4-3-7(5-10(11)12)9(6-8)18-20(2,15)16/h3-4,6H,5H2,1-2H3,(H,11,12). The van der Waals surface area contributed by atoms with Gasteiger partial charge in [0.15, 0.2) is 0 Å². The molecule has 20 heavy (non-hydrogen) atoms. The van der Waals surface area contributed by atoms with Crippen LogP contribution in [0.15, 0.2) is 18.2 Å². The van der Waals surface area contributed by atoms with Gasteiger partial charge in [0.05, 0.1) is 18.9 Å². The van der Waals surface area contributed by atoms with Gasteiger partial charge in [-0.25, -0.2) is 0 Å². The van der Waals surface area contributed by atoms with Crippen LogP contribution in [0.5, 0.6) is 11.5 Å². The molecule has 1 aromatic carbocycles. The summed E-state index contributed by atoms with van der Waals surface area (Å²) in [5, 5.41) is 8.71. The lowest BCUT2D eigenvalue weighted by Gasteiger charge is -2.10. The molecule has 0 saturated heterocycles. The normalized spacial score (nSPS) is 11.9. The third kappa shape index (κ3) is 5.89. The van der Waals surface area contributed by atoms with Crippen molar-refractivity contribution in [3.05, 3.63) is 23.8 Å². The first-order chi connectivity index (χ1) is 8.96. The van der Waals surface area contributed by atoms with Crippen LogP contribution >= 0.6 is 0 Å². The molecule has 1 aromatic rings. The molecule has 0 heterocycles. The van der Waals surface area contributed by atoms with Gasteiger partial charge >= 0.3 is 26.2 Å². The highest BCUT2D eigenvalue weighted by Gasteiger charge is 2.15. The summed E-state index contributed by atoms with van der Waals surface area (Å²) in [6.45, 7) is 0. The Bertz CT molecular complexity index is 718. The Morgan fingerprint density at radius 3 is 2.10 bits per heavy atom. The van der Waals surface area contributed by atoms with Crippen molar-refractivity contribution in [2.24, 2.45) is 0 Å². The Morgan fingerprint density at radius 1 is 1.10 bits per heavy atom. The second-order valence-corrected chi connectivity index (χ2v) is 7.06. The zero-order valence-electron chi connectivity index (χ0n) is 10.6. The number of carboxylic acids is 1. The Hall–Kier alpha value is -1.81. The lowest BCUT2D eigenvalue weighted by Crippen LogP contribution is -2.11. The van der Waals surface area contributed by atoms with E-state index in [1.165, 1.54) is 12.1 Å². The number of carbonyl (C=O) groups is 1. The number of benzene rings is 1. The fourth-order valence-electron chi connectivity index (χ4n) is 1.31. The molecule has 0 spiro atoms. The van der Waals surface area contributed by atoms with Crippen LogP contribution in [0, 0.1) is 0 Å². The quantitative estimate of drug-likeness (QED) is 0.725. The van der Waals surface area contributed by atoms with Crippen molar-refractivity contribution in [2.45, 2.75) is 6.42 Å². The van der Waals surface area contributed by atoms with Crippen molar-refractivity contribution in [1.29, 1.82) is 0 Å². The molecule has 10 heteroatoms. The van der Waals surface area contributed by atoms with Gasteiger partial charge in [0.1, 0.15) is 11.5 Å². The van der Waals surface area contributed by atoms with Crippen molar-refractivity contribution in [2.75, 3.05) is 12.5 Å². The molecule has 0 saturated carbocycles. The van der Waals surface area contributed by atoms with Crippen molar-refractivity contribution >= 4 is 26.2 Å². The number of hydrogen-bond acceptors (Lipinski definition) is 7. The molecule has 112 valence electrons. The van der Waals surface area contributed by atoms with Crippen LogP contribution in [0.25, 0.3) is 0 Å². The number of carboxylic acid groups (broad SMARTS) is 1. The summed E-state index contributed by atoms with van der Waals surface area (Å²) in [5.41, 5.74) is 0.0729. The Labute approximate surface area is 116 Å². The number of rotatable bonds is 6. The fraction of sp³-hybridized carbons (Fsp3) is 0.300. The number of hydrogen-bond donors (Lipinski definition) is 1. The van der Waals surface area contributed by atoms with E-state index in [1.54, 1.807) is 0 Å².